The van der Waals surface area contributed by atoms with Gasteiger partial charge in [-0.3, -0.25) is 14.5 Å². The first kappa shape index (κ1) is 23.0. The molecular formula is C18H25Cl3N4O3. The second-order valence-corrected chi connectivity index (χ2v) is 7.78. The fourth-order valence-electron chi connectivity index (χ4n) is 3.44. The third-order valence-electron chi connectivity index (χ3n) is 5.02. The molecule has 2 fully saturated rings. The molecule has 3 N–H and O–H groups in total. The summed E-state index contributed by atoms with van der Waals surface area (Å²) in [5.74, 6) is -0.550. The molecule has 10 heteroatoms. The minimum absolute atomic E-state index is 0. The molecule has 0 unspecified atom stereocenters. The van der Waals surface area contributed by atoms with E-state index in [4.69, 9.17) is 23.2 Å². The van der Waals surface area contributed by atoms with Crippen LogP contribution < -0.4 is 10.6 Å². The molecule has 2 aliphatic rings. The van der Waals surface area contributed by atoms with Gasteiger partial charge in [-0.2, -0.15) is 0 Å². The maximum atomic E-state index is 12.5. The van der Waals surface area contributed by atoms with Crippen molar-refractivity contribution in [2.75, 3.05) is 45.8 Å². The van der Waals surface area contributed by atoms with Crippen molar-refractivity contribution in [3.05, 3.63) is 27.7 Å². The average molecular weight is 452 g/mol. The van der Waals surface area contributed by atoms with Crippen LogP contribution in [0.25, 0.3) is 0 Å². The number of carbonyl (C=O) groups is 2. The van der Waals surface area contributed by atoms with Crippen molar-refractivity contribution in [1.82, 2.24) is 20.4 Å². The highest BCUT2D eigenvalue weighted by molar-refractivity contribution is 6.36. The first-order valence-electron chi connectivity index (χ1n) is 9.14. The van der Waals surface area contributed by atoms with E-state index in [0.29, 0.717) is 32.5 Å². The van der Waals surface area contributed by atoms with Crippen molar-refractivity contribution < 1.29 is 14.7 Å². The molecule has 0 saturated carbocycles. The summed E-state index contributed by atoms with van der Waals surface area (Å²) >= 11 is 11.8. The zero-order chi connectivity index (χ0) is 19.4. The Morgan fingerprint density at radius 3 is 2.43 bits per heavy atom. The van der Waals surface area contributed by atoms with Crippen molar-refractivity contribution in [3.8, 4) is 5.75 Å². The van der Waals surface area contributed by atoms with Gasteiger partial charge in [0.15, 0.2) is 0 Å². The van der Waals surface area contributed by atoms with Crippen molar-refractivity contribution in [1.29, 1.82) is 0 Å². The van der Waals surface area contributed by atoms with Crippen LogP contribution in [-0.4, -0.2) is 78.6 Å². The highest BCUT2D eigenvalue weighted by atomic mass is 35.5. The molecule has 2 aliphatic heterocycles. The van der Waals surface area contributed by atoms with Crippen LogP contribution in [0.2, 0.25) is 10.0 Å². The molecule has 7 nitrogen and oxygen atoms in total. The van der Waals surface area contributed by atoms with Gasteiger partial charge in [-0.15, -0.1) is 12.4 Å². The summed E-state index contributed by atoms with van der Waals surface area (Å²) < 4.78 is 0. The van der Waals surface area contributed by atoms with Crippen molar-refractivity contribution in [2.24, 2.45) is 0 Å². The SMILES string of the molecule is Cl.O=C(NC1CCN(C(=O)CN2CCNCC2)CC1)c1cc(Cl)cc(Cl)c1O. The van der Waals surface area contributed by atoms with Gasteiger partial charge >= 0.3 is 0 Å². The molecule has 0 aliphatic carbocycles. The van der Waals surface area contributed by atoms with E-state index in [2.05, 4.69) is 15.5 Å². The van der Waals surface area contributed by atoms with Crippen LogP contribution in [0.15, 0.2) is 12.1 Å². The molecule has 1 aromatic rings. The molecule has 0 aromatic heterocycles. The third kappa shape index (κ3) is 5.87. The molecule has 156 valence electrons. The van der Waals surface area contributed by atoms with E-state index in [1.54, 1.807) is 0 Å². The van der Waals surface area contributed by atoms with E-state index in [1.807, 2.05) is 4.90 Å². The number of piperidine rings is 1. The predicted octanol–water partition coefficient (Wildman–Crippen LogP) is 1.75. The van der Waals surface area contributed by atoms with Gasteiger partial charge in [-0.25, -0.2) is 0 Å². The van der Waals surface area contributed by atoms with Gasteiger partial charge in [-0.05, 0) is 25.0 Å². The second kappa shape index (κ2) is 10.5. The number of hydrogen-bond donors (Lipinski definition) is 3. The summed E-state index contributed by atoms with van der Waals surface area (Å²) in [5, 5.41) is 16.5. The minimum Gasteiger partial charge on any atom is -0.506 e. The Balaban J connectivity index is 0.00000280. The molecule has 28 heavy (non-hydrogen) atoms. The third-order valence-corrected chi connectivity index (χ3v) is 5.53. The molecule has 2 amide bonds. The number of halogens is 3. The van der Waals surface area contributed by atoms with Gasteiger partial charge in [0.25, 0.3) is 5.91 Å². The fourth-order valence-corrected chi connectivity index (χ4v) is 3.93. The number of likely N-dealkylation sites (tertiary alicyclic amines) is 1. The summed E-state index contributed by atoms with van der Waals surface area (Å²) in [6.45, 7) is 5.29. The standard InChI is InChI=1S/C18H24Cl2N4O3.ClH/c19-12-9-14(17(26)15(20)10-12)18(27)22-13-1-5-24(6-2-13)16(25)11-23-7-3-21-4-8-23;/h9-10,13,21,26H,1-8,11H2,(H,22,27);1H. The van der Waals surface area contributed by atoms with Crippen molar-refractivity contribution >= 4 is 47.4 Å². The van der Waals surface area contributed by atoms with Gasteiger partial charge in [0, 0.05) is 50.3 Å². The Labute approximate surface area is 180 Å². The normalized spacial score (nSPS) is 18.4. The van der Waals surface area contributed by atoms with E-state index < -0.39 is 5.91 Å². The average Bonchev–Trinajstić information content (AvgIpc) is 2.66. The van der Waals surface area contributed by atoms with Crippen molar-refractivity contribution in [2.45, 2.75) is 18.9 Å². The number of hydrogen-bond acceptors (Lipinski definition) is 5. The van der Waals surface area contributed by atoms with Gasteiger partial charge in [0.05, 0.1) is 17.1 Å². The predicted molar refractivity (Wildman–Crippen MR) is 112 cm³/mol. The van der Waals surface area contributed by atoms with Gasteiger partial charge in [-0.1, -0.05) is 23.2 Å². The van der Waals surface area contributed by atoms with Crippen LogP contribution in [-0.2, 0) is 4.79 Å². The Bertz CT molecular complexity index is 706. The van der Waals surface area contributed by atoms with E-state index in [9.17, 15) is 14.7 Å². The minimum atomic E-state index is -0.414. The number of rotatable bonds is 4. The molecule has 2 saturated heterocycles. The second-order valence-electron chi connectivity index (χ2n) is 6.94. The highest BCUT2D eigenvalue weighted by Gasteiger charge is 2.26. The zero-order valence-electron chi connectivity index (χ0n) is 15.4. The Morgan fingerprint density at radius 1 is 1.14 bits per heavy atom. The summed E-state index contributed by atoms with van der Waals surface area (Å²) in [4.78, 5) is 28.9. The summed E-state index contributed by atoms with van der Waals surface area (Å²) in [5.41, 5.74) is 0.0599. The summed E-state index contributed by atoms with van der Waals surface area (Å²) in [7, 11) is 0. The number of benzene rings is 1. The molecular weight excluding hydrogens is 427 g/mol. The Hall–Kier alpha value is -1.25. The van der Waals surface area contributed by atoms with E-state index in [1.165, 1.54) is 12.1 Å². The largest absolute Gasteiger partial charge is 0.506 e. The number of piperazine rings is 1. The van der Waals surface area contributed by atoms with Crippen LogP contribution in [0, 0.1) is 0 Å². The maximum Gasteiger partial charge on any atom is 0.255 e. The maximum absolute atomic E-state index is 12.5. The molecule has 3 rings (SSSR count). The van der Waals surface area contributed by atoms with Gasteiger partial charge in [0.1, 0.15) is 5.75 Å². The van der Waals surface area contributed by atoms with Crippen molar-refractivity contribution in [3.63, 3.8) is 0 Å². The topological polar surface area (TPSA) is 84.9 Å². The first-order chi connectivity index (χ1) is 12.9. The summed E-state index contributed by atoms with van der Waals surface area (Å²) in [6.07, 6.45) is 1.35. The Morgan fingerprint density at radius 2 is 1.79 bits per heavy atom. The quantitative estimate of drug-likeness (QED) is 0.649. The number of carbonyl (C=O) groups excluding carboxylic acids is 2. The van der Waals surface area contributed by atoms with E-state index in [-0.39, 0.29) is 45.7 Å². The van der Waals surface area contributed by atoms with E-state index >= 15 is 0 Å². The zero-order valence-corrected chi connectivity index (χ0v) is 17.7. The van der Waals surface area contributed by atoms with Crippen LogP contribution in [0.4, 0.5) is 0 Å². The molecule has 0 bridgehead atoms. The first-order valence-corrected chi connectivity index (χ1v) is 9.89. The van der Waals surface area contributed by atoms with Crippen LogP contribution >= 0.6 is 35.6 Å². The highest BCUT2D eigenvalue weighted by Crippen LogP contribution is 2.31. The van der Waals surface area contributed by atoms with Gasteiger partial charge in [0.2, 0.25) is 5.91 Å². The summed E-state index contributed by atoms with van der Waals surface area (Å²) in [6, 6.07) is 2.72. The molecule has 2 heterocycles. The monoisotopic (exact) mass is 450 g/mol. The number of nitrogens with one attached hydrogen (secondary N) is 2. The lowest BCUT2D eigenvalue weighted by Crippen LogP contribution is -2.51. The van der Waals surface area contributed by atoms with Crippen LogP contribution in [0.1, 0.15) is 23.2 Å². The van der Waals surface area contributed by atoms with Crippen LogP contribution in [0.5, 0.6) is 5.75 Å². The smallest absolute Gasteiger partial charge is 0.255 e. The lowest BCUT2D eigenvalue weighted by molar-refractivity contribution is -0.133. The molecule has 1 aromatic carbocycles. The number of nitrogens with zero attached hydrogens (tertiary/aromatic N) is 2. The molecule has 0 spiro atoms. The molecule has 0 radical (unpaired) electrons. The fraction of sp³-hybridized carbons (Fsp3) is 0.556. The number of phenolic OH excluding ortho intramolecular Hbond substituents is 1. The lowest BCUT2D eigenvalue weighted by Gasteiger charge is -2.34. The lowest BCUT2D eigenvalue weighted by atomic mass is 10.0. The Kier molecular flexibility index (Phi) is 8.64. The number of phenols is 1. The molecule has 0 atom stereocenters. The number of amides is 2. The van der Waals surface area contributed by atoms with Gasteiger partial charge < -0.3 is 20.6 Å². The van der Waals surface area contributed by atoms with Crippen LogP contribution in [0.3, 0.4) is 0 Å². The van der Waals surface area contributed by atoms with E-state index in [0.717, 1.165) is 26.2 Å². The number of aromatic hydroxyl groups is 1.